The number of amidine groups is 1. The average Bonchev–Trinajstić information content (AvgIpc) is 3.05. The van der Waals surface area contributed by atoms with Gasteiger partial charge in [-0.3, -0.25) is 14.7 Å². The number of ketones is 1. The lowest BCUT2D eigenvalue weighted by molar-refractivity contribution is -0.172. The molecular formula is C17H19FN2O5S. The second-order valence-electron chi connectivity index (χ2n) is 6.10. The number of carbonyl (C=O) groups is 2. The summed E-state index contributed by atoms with van der Waals surface area (Å²) >= 11 is 0.998. The molecule has 1 fully saturated rings. The van der Waals surface area contributed by atoms with Crippen LogP contribution in [0.15, 0.2) is 35.3 Å². The molecule has 0 radical (unpaired) electrons. The number of ether oxygens (including phenoxy) is 2. The molecule has 2 aliphatic heterocycles. The molecule has 9 heteroatoms. The number of carboxylic acid groups (broad SMARTS) is 1. The Labute approximate surface area is 154 Å². The molecule has 1 aromatic carbocycles. The molecule has 2 aliphatic rings. The van der Waals surface area contributed by atoms with Crippen LogP contribution >= 0.6 is 11.8 Å². The van der Waals surface area contributed by atoms with Crippen LogP contribution < -0.4 is 0 Å². The van der Waals surface area contributed by atoms with Crippen LogP contribution in [0.5, 0.6) is 0 Å². The molecule has 0 aliphatic carbocycles. The molecule has 26 heavy (non-hydrogen) atoms. The number of fused-ring (bicyclic) bond motifs is 1. The van der Waals surface area contributed by atoms with Crippen molar-refractivity contribution in [3.63, 3.8) is 0 Å². The topological polar surface area (TPSA) is 88.4 Å². The van der Waals surface area contributed by atoms with Crippen LogP contribution in [-0.2, 0) is 20.9 Å². The lowest BCUT2D eigenvalue weighted by atomic mass is 9.97. The Bertz CT molecular complexity index is 716. The van der Waals surface area contributed by atoms with Crippen LogP contribution in [0.1, 0.15) is 12.5 Å². The molecule has 0 unspecified atom stereocenters. The molecule has 1 saturated heterocycles. The largest absolute Gasteiger partial charge is 0.465 e. The van der Waals surface area contributed by atoms with Crippen LogP contribution in [0.3, 0.4) is 0 Å². The van der Waals surface area contributed by atoms with Gasteiger partial charge in [0.15, 0.2) is 17.1 Å². The van der Waals surface area contributed by atoms with Gasteiger partial charge >= 0.3 is 6.09 Å². The SMILES string of the molecule is CC(=O)[C@H]1O[C@@H]2SC(N(C)C(=O)O)=N[C@@H]2[C@H](F)[C@@H]1OCc1ccccc1. The number of halogens is 1. The van der Waals surface area contributed by atoms with Gasteiger partial charge in [-0.1, -0.05) is 42.1 Å². The van der Waals surface area contributed by atoms with Crippen molar-refractivity contribution in [1.29, 1.82) is 0 Å². The number of carbonyl (C=O) groups excluding carboxylic acids is 1. The van der Waals surface area contributed by atoms with Gasteiger partial charge in [0.1, 0.15) is 23.7 Å². The van der Waals surface area contributed by atoms with Gasteiger partial charge in [-0.25, -0.2) is 9.18 Å². The summed E-state index contributed by atoms with van der Waals surface area (Å²) in [4.78, 5) is 28.1. The fourth-order valence-electron chi connectivity index (χ4n) is 2.83. The molecule has 1 aromatic rings. The van der Waals surface area contributed by atoms with Crippen LogP contribution in [0, 0.1) is 0 Å². The zero-order valence-electron chi connectivity index (χ0n) is 14.2. The van der Waals surface area contributed by atoms with Crippen LogP contribution in [0.25, 0.3) is 0 Å². The van der Waals surface area contributed by atoms with Gasteiger partial charge in [0.2, 0.25) is 0 Å². The molecule has 1 N–H and O–H groups in total. The van der Waals surface area contributed by atoms with Crippen molar-refractivity contribution in [2.24, 2.45) is 4.99 Å². The maximum Gasteiger partial charge on any atom is 0.413 e. The minimum absolute atomic E-state index is 0.134. The Hall–Kier alpha value is -1.97. The number of rotatable bonds is 4. The molecule has 0 spiro atoms. The lowest BCUT2D eigenvalue weighted by Gasteiger charge is -2.38. The smallest absolute Gasteiger partial charge is 0.413 e. The van der Waals surface area contributed by atoms with E-state index in [2.05, 4.69) is 4.99 Å². The van der Waals surface area contributed by atoms with Gasteiger partial charge in [0.05, 0.1) is 6.61 Å². The number of thioether (sulfide) groups is 1. The summed E-state index contributed by atoms with van der Waals surface area (Å²) in [7, 11) is 1.32. The van der Waals surface area contributed by atoms with Gasteiger partial charge in [-0.2, -0.15) is 0 Å². The van der Waals surface area contributed by atoms with Crippen molar-refractivity contribution >= 4 is 28.8 Å². The fourth-order valence-corrected chi connectivity index (χ4v) is 3.98. The van der Waals surface area contributed by atoms with Gasteiger partial charge in [-0.05, 0) is 12.5 Å². The van der Waals surface area contributed by atoms with Gasteiger partial charge in [-0.15, -0.1) is 0 Å². The Morgan fingerprint density at radius 3 is 2.69 bits per heavy atom. The second-order valence-corrected chi connectivity index (χ2v) is 7.17. The molecule has 0 saturated carbocycles. The first kappa shape index (κ1) is 18.8. The van der Waals surface area contributed by atoms with E-state index >= 15 is 4.39 Å². The maximum absolute atomic E-state index is 15.1. The van der Waals surface area contributed by atoms with E-state index in [1.807, 2.05) is 30.3 Å². The predicted octanol–water partition coefficient (Wildman–Crippen LogP) is 2.30. The number of nitrogens with zero attached hydrogens (tertiary/aromatic N) is 2. The zero-order chi connectivity index (χ0) is 18.8. The Balaban J connectivity index is 1.77. The number of hydrogen-bond donors (Lipinski definition) is 1. The lowest BCUT2D eigenvalue weighted by Crippen LogP contribution is -2.56. The Morgan fingerprint density at radius 1 is 1.38 bits per heavy atom. The first-order valence-corrected chi connectivity index (χ1v) is 8.93. The summed E-state index contributed by atoms with van der Waals surface area (Å²) in [5.41, 5.74) is 0.0898. The number of alkyl halides is 1. The van der Waals surface area contributed by atoms with Gasteiger partial charge < -0.3 is 14.6 Å². The minimum atomic E-state index is -1.58. The van der Waals surface area contributed by atoms with Gasteiger partial charge in [0.25, 0.3) is 0 Å². The van der Waals surface area contributed by atoms with E-state index in [-0.39, 0.29) is 17.6 Å². The highest BCUT2D eigenvalue weighted by Crippen LogP contribution is 2.39. The summed E-state index contributed by atoms with van der Waals surface area (Å²) < 4.78 is 26.5. The normalized spacial score (nSPS) is 30.4. The first-order chi connectivity index (χ1) is 12.4. The maximum atomic E-state index is 15.1. The van der Waals surface area contributed by atoms with E-state index in [0.717, 1.165) is 22.2 Å². The van der Waals surface area contributed by atoms with Crippen LogP contribution in [-0.4, -0.2) is 64.0 Å². The molecule has 140 valence electrons. The van der Waals surface area contributed by atoms with E-state index in [0.29, 0.717) is 0 Å². The first-order valence-electron chi connectivity index (χ1n) is 8.05. The number of aliphatic imine (C=N–C) groups is 1. The quantitative estimate of drug-likeness (QED) is 0.860. The summed E-state index contributed by atoms with van der Waals surface area (Å²) in [6.45, 7) is 1.45. The number of Topliss-reactive ketones (excluding diaryl/α,β-unsaturated/α-hetero) is 1. The zero-order valence-corrected chi connectivity index (χ0v) is 15.1. The molecule has 3 rings (SSSR count). The third kappa shape index (κ3) is 3.74. The fraction of sp³-hybridized carbons (Fsp3) is 0.471. The summed E-state index contributed by atoms with van der Waals surface area (Å²) in [6.07, 6.45) is -4.95. The standard InChI is InChI=1S/C17H19FN2O5S/c1-9(21)13-14(24-8-10-6-4-3-5-7-10)11(18)12-15(25-13)26-16(19-12)20(2)17(22)23/h3-7,11-15H,8H2,1-2H3,(H,22,23)/t11-,12+,13+,14-,15+/m0/s1. The molecule has 0 bridgehead atoms. The molecule has 5 atom stereocenters. The van der Waals surface area contributed by atoms with E-state index in [9.17, 15) is 9.59 Å². The monoisotopic (exact) mass is 382 g/mol. The van der Waals surface area contributed by atoms with E-state index in [4.69, 9.17) is 14.6 Å². The van der Waals surface area contributed by atoms with Crippen molar-refractivity contribution in [1.82, 2.24) is 4.90 Å². The molecular weight excluding hydrogens is 363 g/mol. The second kappa shape index (κ2) is 7.73. The number of amides is 1. The Morgan fingerprint density at radius 2 is 2.08 bits per heavy atom. The van der Waals surface area contributed by atoms with Crippen molar-refractivity contribution in [3.8, 4) is 0 Å². The molecule has 0 aromatic heterocycles. The molecule has 1 amide bonds. The number of hydrogen-bond acceptors (Lipinski definition) is 6. The number of benzene rings is 1. The van der Waals surface area contributed by atoms with Gasteiger partial charge in [0, 0.05) is 7.05 Å². The Kier molecular flexibility index (Phi) is 5.59. The predicted molar refractivity (Wildman–Crippen MR) is 93.9 cm³/mol. The summed E-state index contributed by atoms with van der Waals surface area (Å²) in [5, 5.41) is 9.20. The van der Waals surface area contributed by atoms with Crippen molar-refractivity contribution in [3.05, 3.63) is 35.9 Å². The van der Waals surface area contributed by atoms with Crippen molar-refractivity contribution < 1.29 is 28.6 Å². The third-order valence-corrected chi connectivity index (χ3v) is 5.45. The van der Waals surface area contributed by atoms with E-state index < -0.39 is 36.0 Å². The van der Waals surface area contributed by atoms with Crippen LogP contribution in [0.2, 0.25) is 0 Å². The minimum Gasteiger partial charge on any atom is -0.465 e. The van der Waals surface area contributed by atoms with E-state index in [1.54, 1.807) is 0 Å². The highest BCUT2D eigenvalue weighted by Gasteiger charge is 2.52. The molecule has 7 nitrogen and oxygen atoms in total. The summed E-state index contributed by atoms with van der Waals surface area (Å²) in [5.74, 6) is -0.343. The highest BCUT2D eigenvalue weighted by atomic mass is 32.2. The van der Waals surface area contributed by atoms with E-state index in [1.165, 1.54) is 14.0 Å². The molecule has 2 heterocycles. The summed E-state index contributed by atoms with van der Waals surface area (Å²) in [6, 6.07) is 8.30. The van der Waals surface area contributed by atoms with Crippen molar-refractivity contribution in [2.45, 2.75) is 43.4 Å². The van der Waals surface area contributed by atoms with Crippen molar-refractivity contribution in [2.75, 3.05) is 7.05 Å². The van der Waals surface area contributed by atoms with Crippen LogP contribution in [0.4, 0.5) is 9.18 Å². The highest BCUT2D eigenvalue weighted by molar-refractivity contribution is 8.14. The average molecular weight is 382 g/mol. The third-order valence-electron chi connectivity index (χ3n) is 4.24.